The van der Waals surface area contributed by atoms with Crippen LogP contribution in [0.15, 0.2) is 24.3 Å². The van der Waals surface area contributed by atoms with E-state index < -0.39 is 5.60 Å². The Morgan fingerprint density at radius 1 is 1.35 bits per heavy atom. The number of nitrogens with two attached hydrogens (primary N) is 1. The van der Waals surface area contributed by atoms with E-state index in [1.54, 1.807) is 6.07 Å². The van der Waals surface area contributed by atoms with Crippen LogP contribution in [0.1, 0.15) is 61.4 Å². The number of rotatable bonds is 4. The summed E-state index contributed by atoms with van der Waals surface area (Å²) in [4.78, 5) is 13.9. The first-order chi connectivity index (χ1) is 11.0. The summed E-state index contributed by atoms with van der Waals surface area (Å²) in [5.41, 5.74) is 6.54. The van der Waals surface area contributed by atoms with Gasteiger partial charge in [-0.15, -0.1) is 0 Å². The van der Waals surface area contributed by atoms with Crippen LogP contribution in [-0.4, -0.2) is 34.1 Å². The van der Waals surface area contributed by atoms with E-state index in [4.69, 9.17) is 5.73 Å². The van der Waals surface area contributed by atoms with E-state index >= 15 is 0 Å². The molecule has 3 unspecified atom stereocenters. The topological polar surface area (TPSA) is 66.6 Å². The summed E-state index contributed by atoms with van der Waals surface area (Å²) in [7, 11) is 0. The number of nitrogens with zero attached hydrogens (tertiary/aromatic N) is 1. The predicted octanol–water partition coefficient (Wildman–Crippen LogP) is 2.69. The molecular formula is C19H28N2O2. The average molecular weight is 316 g/mol. The van der Waals surface area contributed by atoms with Crippen molar-refractivity contribution < 1.29 is 9.90 Å². The Balaban J connectivity index is 1.74. The first-order valence-electron chi connectivity index (χ1n) is 8.82. The van der Waals surface area contributed by atoms with Crippen LogP contribution in [0.5, 0.6) is 0 Å². The van der Waals surface area contributed by atoms with Crippen LogP contribution in [-0.2, 0) is 6.54 Å². The molecule has 2 aliphatic rings. The van der Waals surface area contributed by atoms with Crippen molar-refractivity contribution in [3.63, 3.8) is 0 Å². The van der Waals surface area contributed by atoms with Crippen molar-refractivity contribution in [2.75, 3.05) is 6.54 Å². The Labute approximate surface area is 138 Å². The molecule has 2 fully saturated rings. The molecule has 3 atom stereocenters. The first kappa shape index (κ1) is 16.5. The summed E-state index contributed by atoms with van der Waals surface area (Å²) < 4.78 is 0. The summed E-state index contributed by atoms with van der Waals surface area (Å²) in [5.74, 6) is -0.0156. The maximum atomic E-state index is 11.4. The van der Waals surface area contributed by atoms with Gasteiger partial charge >= 0.3 is 0 Å². The average Bonchev–Trinajstić information content (AvgIpc) is 2.95. The SMILES string of the molecule is CC1(O)CCCCC1C1CCCN1Cc1cccc(C(N)=O)c1. The third kappa shape index (κ3) is 3.59. The molecule has 1 heterocycles. The first-order valence-corrected chi connectivity index (χ1v) is 8.82. The molecular weight excluding hydrogens is 288 g/mol. The Morgan fingerprint density at radius 3 is 2.91 bits per heavy atom. The largest absolute Gasteiger partial charge is 0.390 e. The lowest BCUT2D eigenvalue weighted by atomic mass is 9.72. The monoisotopic (exact) mass is 316 g/mol. The zero-order valence-electron chi connectivity index (χ0n) is 14.0. The zero-order chi connectivity index (χ0) is 16.4. The summed E-state index contributed by atoms with van der Waals surface area (Å²) in [6.07, 6.45) is 6.75. The van der Waals surface area contributed by atoms with E-state index in [2.05, 4.69) is 11.0 Å². The molecule has 1 saturated heterocycles. The summed E-state index contributed by atoms with van der Waals surface area (Å²) in [6.45, 7) is 3.91. The number of benzene rings is 1. The molecule has 4 nitrogen and oxygen atoms in total. The van der Waals surface area contributed by atoms with Crippen molar-refractivity contribution >= 4 is 5.91 Å². The van der Waals surface area contributed by atoms with Crippen LogP contribution in [0.3, 0.4) is 0 Å². The van der Waals surface area contributed by atoms with Gasteiger partial charge in [0.05, 0.1) is 5.60 Å². The van der Waals surface area contributed by atoms with Gasteiger partial charge in [-0.05, 0) is 56.8 Å². The van der Waals surface area contributed by atoms with Crippen LogP contribution in [0, 0.1) is 5.92 Å². The van der Waals surface area contributed by atoms with Crippen molar-refractivity contribution in [3.05, 3.63) is 35.4 Å². The van der Waals surface area contributed by atoms with Crippen molar-refractivity contribution in [1.29, 1.82) is 0 Å². The Morgan fingerprint density at radius 2 is 2.17 bits per heavy atom. The molecule has 3 N–H and O–H groups in total. The molecule has 0 spiro atoms. The number of hydrogen-bond donors (Lipinski definition) is 2. The molecule has 3 rings (SSSR count). The van der Waals surface area contributed by atoms with E-state index in [-0.39, 0.29) is 5.91 Å². The molecule has 1 aromatic rings. The van der Waals surface area contributed by atoms with Gasteiger partial charge in [0.25, 0.3) is 0 Å². The van der Waals surface area contributed by atoms with Crippen molar-refractivity contribution in [2.24, 2.45) is 11.7 Å². The quantitative estimate of drug-likeness (QED) is 0.897. The molecule has 126 valence electrons. The minimum Gasteiger partial charge on any atom is -0.390 e. The van der Waals surface area contributed by atoms with E-state index in [0.29, 0.717) is 17.5 Å². The summed E-state index contributed by atoms with van der Waals surface area (Å²) in [6, 6.07) is 8.07. The van der Waals surface area contributed by atoms with Gasteiger partial charge in [-0.3, -0.25) is 9.69 Å². The minimum absolute atomic E-state index is 0.359. The Kier molecular flexibility index (Phi) is 4.74. The number of carbonyl (C=O) groups is 1. The highest BCUT2D eigenvalue weighted by Gasteiger charge is 2.43. The van der Waals surface area contributed by atoms with Crippen LogP contribution in [0.2, 0.25) is 0 Å². The molecule has 1 aromatic carbocycles. The predicted molar refractivity (Wildman–Crippen MR) is 91.0 cm³/mol. The molecule has 0 aromatic heterocycles. The third-order valence-electron chi connectivity index (χ3n) is 5.72. The highest BCUT2D eigenvalue weighted by atomic mass is 16.3. The number of likely N-dealkylation sites (tertiary alicyclic amines) is 1. The highest BCUT2D eigenvalue weighted by Crippen LogP contribution is 2.41. The lowest BCUT2D eigenvalue weighted by molar-refractivity contribution is -0.0628. The number of hydrogen-bond acceptors (Lipinski definition) is 3. The molecule has 0 radical (unpaired) electrons. The lowest BCUT2D eigenvalue weighted by Gasteiger charge is -2.43. The molecule has 1 amide bonds. The van der Waals surface area contributed by atoms with Gasteiger partial charge in [-0.2, -0.15) is 0 Å². The second kappa shape index (κ2) is 6.62. The number of carbonyl (C=O) groups excluding carboxylic acids is 1. The van der Waals surface area contributed by atoms with Crippen LogP contribution >= 0.6 is 0 Å². The number of aliphatic hydroxyl groups is 1. The fourth-order valence-corrected chi connectivity index (χ4v) is 4.51. The van der Waals surface area contributed by atoms with E-state index in [1.165, 1.54) is 12.8 Å². The van der Waals surface area contributed by atoms with Gasteiger partial charge in [-0.1, -0.05) is 25.0 Å². The molecule has 1 aliphatic heterocycles. The lowest BCUT2D eigenvalue weighted by Crippen LogP contribution is -2.48. The molecule has 23 heavy (non-hydrogen) atoms. The second-order valence-electron chi connectivity index (χ2n) is 7.45. The third-order valence-corrected chi connectivity index (χ3v) is 5.72. The Bertz CT molecular complexity index is 570. The fraction of sp³-hybridized carbons (Fsp3) is 0.632. The second-order valence-corrected chi connectivity index (χ2v) is 7.45. The van der Waals surface area contributed by atoms with E-state index in [9.17, 15) is 9.90 Å². The molecule has 1 aliphatic carbocycles. The van der Waals surface area contributed by atoms with Gasteiger partial charge in [0.15, 0.2) is 0 Å². The van der Waals surface area contributed by atoms with Gasteiger partial charge in [0, 0.05) is 24.1 Å². The van der Waals surface area contributed by atoms with Gasteiger partial charge in [0.1, 0.15) is 0 Å². The van der Waals surface area contributed by atoms with Crippen LogP contribution in [0.25, 0.3) is 0 Å². The normalized spacial score (nSPS) is 32.1. The molecule has 4 heteroatoms. The zero-order valence-corrected chi connectivity index (χ0v) is 14.0. The van der Waals surface area contributed by atoms with Crippen molar-refractivity contribution in [2.45, 2.75) is 63.6 Å². The molecule has 0 bridgehead atoms. The fourth-order valence-electron chi connectivity index (χ4n) is 4.51. The summed E-state index contributed by atoms with van der Waals surface area (Å²) in [5, 5.41) is 10.8. The Hall–Kier alpha value is -1.39. The van der Waals surface area contributed by atoms with Gasteiger partial charge in [-0.25, -0.2) is 0 Å². The van der Waals surface area contributed by atoms with Crippen LogP contribution < -0.4 is 5.73 Å². The highest BCUT2D eigenvalue weighted by molar-refractivity contribution is 5.92. The van der Waals surface area contributed by atoms with Crippen molar-refractivity contribution in [1.82, 2.24) is 4.90 Å². The minimum atomic E-state index is -0.541. The van der Waals surface area contributed by atoms with E-state index in [1.807, 2.05) is 19.1 Å². The number of amides is 1. The maximum absolute atomic E-state index is 11.4. The standard InChI is InChI=1S/C19H28N2O2/c1-19(23)10-3-2-8-16(19)17-9-5-11-21(17)13-14-6-4-7-15(12-14)18(20)22/h4,6-7,12,16-17,23H,2-3,5,8-11,13H2,1H3,(H2,20,22). The van der Waals surface area contributed by atoms with Crippen molar-refractivity contribution in [3.8, 4) is 0 Å². The van der Waals surface area contributed by atoms with Gasteiger partial charge in [0.2, 0.25) is 5.91 Å². The number of primary amides is 1. The van der Waals surface area contributed by atoms with Gasteiger partial charge < -0.3 is 10.8 Å². The van der Waals surface area contributed by atoms with E-state index in [0.717, 1.165) is 44.3 Å². The maximum Gasteiger partial charge on any atom is 0.248 e. The van der Waals surface area contributed by atoms with Crippen LogP contribution in [0.4, 0.5) is 0 Å². The summed E-state index contributed by atoms with van der Waals surface area (Å²) >= 11 is 0. The molecule has 1 saturated carbocycles. The smallest absolute Gasteiger partial charge is 0.248 e.